The first-order valence-electron chi connectivity index (χ1n) is 40.3. The lowest BCUT2D eigenvalue weighted by Gasteiger charge is -2.41. The number of fused-ring (bicyclic) bond motifs is 1. The van der Waals surface area contributed by atoms with Gasteiger partial charge in [0.05, 0.1) is 87.5 Å². The Morgan fingerprint density at radius 2 is 1.38 bits per heavy atom. The number of rotatable bonds is 52. The third-order valence-electron chi connectivity index (χ3n) is 21.1. The molecule has 2 aromatic heterocycles. The van der Waals surface area contributed by atoms with Crippen molar-refractivity contribution < 1.29 is 89.7 Å². The number of ether oxygens (including phenoxy) is 5. The molecule has 654 valence electrons. The van der Waals surface area contributed by atoms with Crippen LogP contribution in [0.15, 0.2) is 79.0 Å². The van der Waals surface area contributed by atoms with Crippen molar-refractivity contribution in [2.75, 3.05) is 106 Å². The number of hydrogen-bond donors (Lipinski definition) is 12. The summed E-state index contributed by atoms with van der Waals surface area (Å²) in [6.45, 7) is 19.7. The van der Waals surface area contributed by atoms with Gasteiger partial charge in [-0.3, -0.25) is 53.2 Å². The fourth-order valence-electron chi connectivity index (χ4n) is 14.3. The summed E-state index contributed by atoms with van der Waals surface area (Å²) in [5, 5.41) is 36.0. The quantitative estimate of drug-likeness (QED) is 0.0169. The monoisotopic (exact) mass is 1660 g/mol. The number of amides is 11. The Bertz CT molecular complexity index is 3930. The number of aliphatic hydroxyl groups is 1. The van der Waals surface area contributed by atoms with Gasteiger partial charge in [-0.25, -0.2) is 19.6 Å². The number of benzene rings is 2. The number of likely N-dealkylation sites (tertiary alicyclic amines) is 1. The van der Waals surface area contributed by atoms with E-state index in [0.29, 0.717) is 62.1 Å². The van der Waals surface area contributed by atoms with Gasteiger partial charge in [0.25, 0.3) is 10.1 Å². The molecule has 2 aromatic carbocycles. The van der Waals surface area contributed by atoms with Crippen LogP contribution < -0.4 is 53.7 Å². The largest absolute Gasteiger partial charge is 0.445 e. The van der Waals surface area contributed by atoms with Crippen molar-refractivity contribution in [1.82, 2.24) is 71.9 Å². The molecule has 0 saturated carbocycles. The third kappa shape index (κ3) is 31.4. The van der Waals surface area contributed by atoms with Crippen LogP contribution in [-0.2, 0) is 91.9 Å². The lowest BCUT2D eigenvalue weighted by molar-refractivity contribution is -0.148. The van der Waals surface area contributed by atoms with E-state index in [9.17, 15) is 66.0 Å². The van der Waals surface area contributed by atoms with E-state index >= 15 is 0 Å². The van der Waals surface area contributed by atoms with Crippen molar-refractivity contribution >= 4 is 86.2 Å². The van der Waals surface area contributed by atoms with Crippen LogP contribution in [0.3, 0.4) is 0 Å². The maximum Gasteiger partial charge on any atom is 0.410 e. The van der Waals surface area contributed by atoms with Gasteiger partial charge in [0.1, 0.15) is 42.5 Å². The molecule has 1 saturated heterocycles. The molecule has 1 aliphatic rings. The predicted octanol–water partition coefficient (Wildman–Crippen LogP) is 3.98. The number of aromatic nitrogens is 2. The minimum absolute atomic E-state index is 0.0111. The number of likely N-dealkylation sites (N-methyl/N-ethyl adjacent to an activating group) is 2. The van der Waals surface area contributed by atoms with Crippen molar-refractivity contribution in [1.29, 1.82) is 0 Å². The second-order valence-corrected chi connectivity index (χ2v) is 32.5. The van der Waals surface area contributed by atoms with Crippen LogP contribution in [0.5, 0.6) is 0 Å². The van der Waals surface area contributed by atoms with Crippen LogP contribution >= 0.6 is 0 Å². The molecule has 36 heteroatoms. The Morgan fingerprint density at radius 3 is 2.00 bits per heavy atom. The molecule has 13 atom stereocenters. The summed E-state index contributed by atoms with van der Waals surface area (Å²) in [7, 11) is 5.24. The third-order valence-corrected chi connectivity index (χ3v) is 21.8. The van der Waals surface area contributed by atoms with Crippen molar-refractivity contribution in [2.24, 2.45) is 35.3 Å². The van der Waals surface area contributed by atoms with Crippen LogP contribution in [0.25, 0.3) is 11.0 Å². The van der Waals surface area contributed by atoms with E-state index in [1.165, 1.54) is 21.3 Å². The minimum Gasteiger partial charge on any atom is -0.445 e. The highest BCUT2D eigenvalue weighted by atomic mass is 32.2. The molecule has 13 N–H and O–H groups in total. The number of nitrogens with one attached hydrogen (secondary N) is 9. The van der Waals surface area contributed by atoms with Gasteiger partial charge in [0.15, 0.2) is 0 Å². The second-order valence-electron chi connectivity index (χ2n) is 31.0. The Balaban J connectivity index is 1.09. The number of aryl methyl sites for hydroxylation is 1. The number of nitrogens with zero attached hydrogens (tertiary/aromatic N) is 6. The fourth-order valence-corrected chi connectivity index (χ4v) is 15.0. The Morgan fingerprint density at radius 1 is 0.709 bits per heavy atom. The number of hydrogen-bond acceptors (Lipinski definition) is 22. The van der Waals surface area contributed by atoms with Crippen LogP contribution in [0.2, 0.25) is 0 Å². The van der Waals surface area contributed by atoms with E-state index in [1.807, 2.05) is 69.3 Å². The number of hydrazine groups is 1. The molecule has 0 unspecified atom stereocenters. The molecular formula is C81H130N16O19S. The average Bonchev–Trinajstić information content (AvgIpc) is 1.80. The summed E-state index contributed by atoms with van der Waals surface area (Å²) >= 11 is 0. The number of primary amides is 1. The summed E-state index contributed by atoms with van der Waals surface area (Å²) < 4.78 is 64.5. The number of anilines is 1. The van der Waals surface area contributed by atoms with Gasteiger partial charge in [-0.05, 0) is 118 Å². The number of nitrogens with two attached hydrogens (primary N) is 1. The standard InChI is InChI=1S/C81H130N16O19S/c1-17-53(8)70(64(112-15)46-66(99)97-39-23-29-63(97)72(113-16)54(9)74(101)88-55(10)71(100)57-25-19-18-20-26-57)94(13)79(106)68(51(4)5)92-78(105)69(52(6)7)95(14)81(108)116-48-56-30-32-59(33-31-56)89-76(103)61(28-22-36-87-80(82)107)90-77(104)67(50(2)3)91-65(98)34-41-114-43-44-115-42-38-86-75(102)62(49-117(109,110)111)84-37-24-40-96-60(47-93(12)83-11)45-58-27-21-35-85-73(58)96/h18-21,25-27,30-33,35,45,50-55,61-64,67-72,83-84,100H,17,22-24,28-29,34,36-44,46-49H2,1-16H3,(H,86,102)(H,88,101)(H,89,103)(H,90,104)(H,91,98)(H,92,105)(H3,82,87,107)(H,109,110,111)/t53-,54+,55+,61-,62+,63-,64+,67-,68-,69-,70-,71+,72+/m0/s1. The molecule has 0 bridgehead atoms. The topological polar surface area (TPSA) is 457 Å². The highest BCUT2D eigenvalue weighted by Gasteiger charge is 2.44. The fraction of sp³-hybridized carbons (Fsp3) is 0.642. The summed E-state index contributed by atoms with van der Waals surface area (Å²) in [4.78, 5) is 146. The first-order chi connectivity index (χ1) is 55.5. The van der Waals surface area contributed by atoms with E-state index < -0.39 is 154 Å². The number of pyridine rings is 1. The van der Waals surface area contributed by atoms with E-state index in [1.54, 1.807) is 115 Å². The van der Waals surface area contributed by atoms with E-state index in [4.69, 9.17) is 29.4 Å². The normalized spacial score (nSPS) is 16.2. The zero-order valence-electron chi connectivity index (χ0n) is 70.9. The van der Waals surface area contributed by atoms with Gasteiger partial charge < -0.3 is 91.4 Å². The zero-order chi connectivity index (χ0) is 86.8. The maximum absolute atomic E-state index is 14.9. The number of aliphatic hydroxyl groups excluding tert-OH is 1. The van der Waals surface area contributed by atoms with Crippen LogP contribution in [-0.4, -0.2) is 268 Å². The molecule has 0 spiro atoms. The molecule has 117 heavy (non-hydrogen) atoms. The van der Waals surface area contributed by atoms with Gasteiger partial charge in [0.2, 0.25) is 47.3 Å². The smallest absolute Gasteiger partial charge is 0.410 e. The highest BCUT2D eigenvalue weighted by Crippen LogP contribution is 2.31. The zero-order valence-corrected chi connectivity index (χ0v) is 71.7. The molecule has 5 rings (SSSR count). The van der Waals surface area contributed by atoms with E-state index in [0.717, 1.165) is 21.6 Å². The van der Waals surface area contributed by atoms with Gasteiger partial charge in [-0.15, -0.1) is 0 Å². The van der Waals surface area contributed by atoms with Crippen molar-refractivity contribution in [3.05, 3.63) is 95.8 Å². The lowest BCUT2D eigenvalue weighted by atomic mass is 9.89. The van der Waals surface area contributed by atoms with Gasteiger partial charge in [-0.1, -0.05) is 111 Å². The molecule has 4 aromatic rings. The number of methoxy groups -OCH3 is 2. The van der Waals surface area contributed by atoms with Crippen molar-refractivity contribution in [3.8, 4) is 0 Å². The van der Waals surface area contributed by atoms with Crippen molar-refractivity contribution in [2.45, 2.75) is 207 Å². The van der Waals surface area contributed by atoms with E-state index in [2.05, 4.69) is 57.5 Å². The maximum atomic E-state index is 14.9. The van der Waals surface area contributed by atoms with Gasteiger partial charge in [-0.2, -0.15) is 8.42 Å². The summed E-state index contributed by atoms with van der Waals surface area (Å²) in [5.41, 5.74) is 11.6. The first-order valence-corrected chi connectivity index (χ1v) is 41.9. The average molecular weight is 1660 g/mol. The molecule has 3 heterocycles. The van der Waals surface area contributed by atoms with Crippen LogP contribution in [0.1, 0.15) is 144 Å². The lowest BCUT2D eigenvalue weighted by Crippen LogP contribution is -2.60. The molecule has 1 fully saturated rings. The summed E-state index contributed by atoms with van der Waals surface area (Å²) in [6, 6.07) is 13.0. The van der Waals surface area contributed by atoms with Crippen LogP contribution in [0, 0.1) is 29.6 Å². The summed E-state index contributed by atoms with van der Waals surface area (Å²) in [6.07, 6.45) is 0.814. The number of carbonyl (C=O) groups is 10. The SMILES string of the molecule is CC[C@H](C)[C@@H]([C@@H](CC(=O)N1CCC[C@H]1[C@H](OC)[C@@H](C)C(=O)N[C@H](C)[C@@H](O)c1ccccc1)OC)N(C)C(=O)[C@@H](NC(=O)[C@H](C(C)C)N(C)C(=O)OCc1ccc(NC(=O)[C@H](CCCNC(N)=O)NC(=O)[C@@H](NC(=O)CCOCCOCCNC(=O)[C@@H](CS(=O)(=O)O)NCCCn2c(CN(C)NC)cc3cccnc32)C(C)C)cc1)C(C)C. The Kier molecular flexibility index (Phi) is 41.6. The predicted molar refractivity (Wildman–Crippen MR) is 441 cm³/mol. The molecule has 1 aliphatic heterocycles. The van der Waals surface area contributed by atoms with Gasteiger partial charge in [0, 0.05) is 90.9 Å². The molecule has 0 radical (unpaired) electrons. The Hall–Kier alpha value is -8.98. The van der Waals surface area contributed by atoms with Gasteiger partial charge >= 0.3 is 12.1 Å². The molecule has 11 amide bonds. The van der Waals surface area contributed by atoms with Crippen LogP contribution in [0.4, 0.5) is 15.3 Å². The van der Waals surface area contributed by atoms with Crippen molar-refractivity contribution in [3.63, 3.8) is 0 Å². The summed E-state index contributed by atoms with van der Waals surface area (Å²) in [5.74, 6) is -7.17. The molecule has 0 aliphatic carbocycles. The molecule has 35 nitrogen and oxygen atoms in total. The number of carbonyl (C=O) groups excluding carboxylic acids is 10. The second kappa shape index (κ2) is 49.4. The van der Waals surface area contributed by atoms with E-state index in [-0.39, 0.29) is 96.1 Å². The Labute approximate surface area is 688 Å². The number of urea groups is 1. The molecular weight excluding hydrogens is 1530 g/mol. The first kappa shape index (κ1) is 98.6. The highest BCUT2D eigenvalue weighted by molar-refractivity contribution is 7.85. The minimum atomic E-state index is -4.53.